The molecule has 4 heterocycles. The number of nitrogens with zero attached hydrogens (tertiary/aromatic N) is 4. The first kappa shape index (κ1) is 16.1. The van der Waals surface area contributed by atoms with Crippen LogP contribution in [0.1, 0.15) is 27.2 Å². The van der Waals surface area contributed by atoms with Crippen molar-refractivity contribution in [2.24, 2.45) is 0 Å². The summed E-state index contributed by atoms with van der Waals surface area (Å²) in [7, 11) is 0. The summed E-state index contributed by atoms with van der Waals surface area (Å²) in [5.41, 5.74) is 5.04. The standard InChI is InChI=1S/C21H18N4OS/c1-15-5-4-6-17(11-15)25-20(23-8-2-3-9-23)18-12-24(13-19(18)22-25)21(26)16-7-10-27-14-16/h2-11,14H,12-13H2,1H3. The third-order valence-corrected chi connectivity index (χ3v) is 5.56. The molecule has 0 unspecified atom stereocenters. The summed E-state index contributed by atoms with van der Waals surface area (Å²) in [6.45, 7) is 3.19. The van der Waals surface area contributed by atoms with Gasteiger partial charge in [0.2, 0.25) is 0 Å². The lowest BCUT2D eigenvalue weighted by molar-refractivity contribution is 0.0750. The number of fused-ring (bicyclic) bond motifs is 1. The average Bonchev–Trinajstić information content (AvgIpc) is 3.44. The van der Waals surface area contributed by atoms with E-state index in [9.17, 15) is 4.79 Å². The minimum Gasteiger partial charge on any atom is -0.328 e. The summed E-state index contributed by atoms with van der Waals surface area (Å²) < 4.78 is 4.07. The van der Waals surface area contributed by atoms with Crippen LogP contribution < -0.4 is 0 Å². The van der Waals surface area contributed by atoms with E-state index < -0.39 is 0 Å². The van der Waals surface area contributed by atoms with Gasteiger partial charge in [0, 0.05) is 23.3 Å². The molecule has 0 atom stereocenters. The Kier molecular flexibility index (Phi) is 3.72. The molecule has 1 aliphatic heterocycles. The molecule has 6 heteroatoms. The Hall–Kier alpha value is -3.12. The first-order valence-electron chi connectivity index (χ1n) is 8.83. The number of rotatable bonds is 3. The summed E-state index contributed by atoms with van der Waals surface area (Å²) in [5, 5.41) is 8.71. The Morgan fingerprint density at radius 3 is 2.70 bits per heavy atom. The van der Waals surface area contributed by atoms with Gasteiger partial charge in [0.25, 0.3) is 5.91 Å². The quantitative estimate of drug-likeness (QED) is 0.540. The van der Waals surface area contributed by atoms with E-state index in [2.05, 4.69) is 29.7 Å². The third-order valence-electron chi connectivity index (χ3n) is 4.88. The minimum absolute atomic E-state index is 0.0646. The number of carbonyl (C=O) groups excluding carboxylic acids is 1. The van der Waals surface area contributed by atoms with E-state index in [1.165, 1.54) is 5.56 Å². The summed E-state index contributed by atoms with van der Waals surface area (Å²) in [5.74, 6) is 1.07. The third kappa shape index (κ3) is 2.69. The summed E-state index contributed by atoms with van der Waals surface area (Å²) >= 11 is 1.54. The fourth-order valence-electron chi connectivity index (χ4n) is 3.59. The zero-order valence-corrected chi connectivity index (χ0v) is 15.7. The number of hydrogen-bond acceptors (Lipinski definition) is 3. The van der Waals surface area contributed by atoms with Crippen LogP contribution in [0.15, 0.2) is 65.6 Å². The second kappa shape index (κ2) is 6.25. The molecule has 1 amide bonds. The van der Waals surface area contributed by atoms with Gasteiger partial charge in [-0.2, -0.15) is 16.4 Å². The summed E-state index contributed by atoms with van der Waals surface area (Å²) in [6, 6.07) is 14.2. The maximum absolute atomic E-state index is 12.8. The van der Waals surface area contributed by atoms with E-state index in [0.717, 1.165) is 28.3 Å². The molecule has 0 saturated carbocycles. The molecule has 0 radical (unpaired) electrons. The number of aryl methyl sites for hydroxylation is 1. The molecule has 0 saturated heterocycles. The van der Waals surface area contributed by atoms with Crippen LogP contribution in [-0.4, -0.2) is 25.2 Å². The SMILES string of the molecule is Cc1cccc(-n2nc3c(c2-n2cccc2)CN(C(=O)c2ccsc2)C3)c1. The largest absolute Gasteiger partial charge is 0.328 e. The normalized spacial score (nSPS) is 13.1. The molecule has 1 aromatic carbocycles. The van der Waals surface area contributed by atoms with Crippen molar-refractivity contribution in [1.29, 1.82) is 0 Å². The molecule has 0 aliphatic carbocycles. The molecule has 0 bridgehead atoms. The van der Waals surface area contributed by atoms with Crippen molar-refractivity contribution in [2.75, 3.05) is 0 Å². The van der Waals surface area contributed by atoms with Crippen molar-refractivity contribution in [3.63, 3.8) is 0 Å². The Balaban J connectivity index is 1.58. The topological polar surface area (TPSA) is 43.1 Å². The van der Waals surface area contributed by atoms with Crippen molar-refractivity contribution in [1.82, 2.24) is 19.2 Å². The van der Waals surface area contributed by atoms with E-state index in [1.54, 1.807) is 11.3 Å². The Labute approximate surface area is 161 Å². The number of carbonyl (C=O) groups is 1. The van der Waals surface area contributed by atoms with E-state index in [-0.39, 0.29) is 5.91 Å². The van der Waals surface area contributed by atoms with Gasteiger partial charge < -0.3 is 9.47 Å². The van der Waals surface area contributed by atoms with Gasteiger partial charge >= 0.3 is 0 Å². The second-order valence-electron chi connectivity index (χ2n) is 6.76. The molecule has 0 fully saturated rings. The van der Waals surface area contributed by atoms with Crippen molar-refractivity contribution >= 4 is 17.2 Å². The highest BCUT2D eigenvalue weighted by atomic mass is 32.1. The summed E-state index contributed by atoms with van der Waals surface area (Å²) in [6.07, 6.45) is 4.04. The van der Waals surface area contributed by atoms with Crippen molar-refractivity contribution in [3.05, 3.63) is 88.0 Å². The van der Waals surface area contributed by atoms with Gasteiger partial charge in [0.05, 0.1) is 30.0 Å². The molecule has 0 spiro atoms. The Morgan fingerprint density at radius 1 is 1.11 bits per heavy atom. The molecule has 27 heavy (non-hydrogen) atoms. The van der Waals surface area contributed by atoms with Gasteiger partial charge in [-0.15, -0.1) is 0 Å². The van der Waals surface area contributed by atoms with Gasteiger partial charge in [0.1, 0.15) is 5.82 Å². The Morgan fingerprint density at radius 2 is 1.96 bits per heavy atom. The van der Waals surface area contributed by atoms with Crippen molar-refractivity contribution < 1.29 is 4.79 Å². The predicted octanol–water partition coefficient (Wildman–Crippen LogP) is 4.19. The lowest BCUT2D eigenvalue weighted by Crippen LogP contribution is -2.26. The van der Waals surface area contributed by atoms with E-state index in [0.29, 0.717) is 13.1 Å². The first-order valence-corrected chi connectivity index (χ1v) is 9.77. The number of hydrogen-bond donors (Lipinski definition) is 0. The Bertz CT molecular complexity index is 1110. The van der Waals surface area contributed by atoms with Gasteiger partial charge in [-0.05, 0) is 48.2 Å². The van der Waals surface area contributed by atoms with E-state index in [1.807, 2.05) is 57.0 Å². The van der Waals surface area contributed by atoms with Crippen LogP contribution in [0.25, 0.3) is 11.5 Å². The van der Waals surface area contributed by atoms with Crippen molar-refractivity contribution in [3.8, 4) is 11.5 Å². The molecule has 3 aromatic heterocycles. The van der Waals surface area contributed by atoms with Crippen molar-refractivity contribution in [2.45, 2.75) is 20.0 Å². The van der Waals surface area contributed by atoms with Gasteiger partial charge in [-0.3, -0.25) is 4.79 Å². The van der Waals surface area contributed by atoms with Crippen LogP contribution in [0.5, 0.6) is 0 Å². The number of amides is 1. The predicted molar refractivity (Wildman–Crippen MR) is 106 cm³/mol. The number of aromatic nitrogens is 3. The van der Waals surface area contributed by atoms with Crippen LogP contribution >= 0.6 is 11.3 Å². The lowest BCUT2D eigenvalue weighted by atomic mass is 10.2. The van der Waals surface area contributed by atoms with Crippen LogP contribution in [0.2, 0.25) is 0 Å². The molecular weight excluding hydrogens is 356 g/mol. The van der Waals surface area contributed by atoms with Crippen LogP contribution in [0.3, 0.4) is 0 Å². The maximum Gasteiger partial charge on any atom is 0.255 e. The van der Waals surface area contributed by atoms with E-state index >= 15 is 0 Å². The van der Waals surface area contributed by atoms with Gasteiger partial charge in [-0.1, -0.05) is 12.1 Å². The average molecular weight is 374 g/mol. The van der Waals surface area contributed by atoms with E-state index in [4.69, 9.17) is 5.10 Å². The molecule has 0 N–H and O–H groups in total. The van der Waals surface area contributed by atoms with Gasteiger partial charge in [0.15, 0.2) is 0 Å². The smallest absolute Gasteiger partial charge is 0.255 e. The summed E-state index contributed by atoms with van der Waals surface area (Å²) in [4.78, 5) is 14.6. The minimum atomic E-state index is 0.0646. The highest BCUT2D eigenvalue weighted by Crippen LogP contribution is 2.31. The number of benzene rings is 1. The molecule has 1 aliphatic rings. The monoisotopic (exact) mass is 374 g/mol. The fourth-order valence-corrected chi connectivity index (χ4v) is 4.22. The van der Waals surface area contributed by atoms with Crippen LogP contribution in [0, 0.1) is 6.92 Å². The molecule has 5 rings (SSSR count). The highest BCUT2D eigenvalue weighted by molar-refractivity contribution is 7.08. The highest BCUT2D eigenvalue weighted by Gasteiger charge is 2.31. The van der Waals surface area contributed by atoms with Crippen LogP contribution in [-0.2, 0) is 13.1 Å². The molecule has 134 valence electrons. The fraction of sp³-hybridized carbons (Fsp3) is 0.143. The molecule has 4 aromatic rings. The second-order valence-corrected chi connectivity index (χ2v) is 7.54. The zero-order valence-electron chi connectivity index (χ0n) is 14.9. The lowest BCUT2D eigenvalue weighted by Gasteiger charge is -2.17. The molecular formula is C21H18N4OS. The molecule has 5 nitrogen and oxygen atoms in total. The van der Waals surface area contributed by atoms with Crippen LogP contribution in [0.4, 0.5) is 0 Å². The zero-order chi connectivity index (χ0) is 18.4. The number of thiophene rings is 1. The van der Waals surface area contributed by atoms with Gasteiger partial charge in [-0.25, -0.2) is 4.68 Å². The maximum atomic E-state index is 12.8. The first-order chi connectivity index (χ1) is 13.2.